The highest BCUT2D eigenvalue weighted by Crippen LogP contribution is 2.29. The number of rotatable bonds is 6. The van der Waals surface area contributed by atoms with E-state index in [0.717, 1.165) is 17.0 Å². The van der Waals surface area contributed by atoms with Crippen LogP contribution in [0.25, 0.3) is 11.3 Å². The molecule has 0 saturated carbocycles. The molecule has 0 bridgehead atoms. The summed E-state index contributed by atoms with van der Waals surface area (Å²) in [4.78, 5) is 21.5. The zero-order chi connectivity index (χ0) is 24.2. The van der Waals surface area contributed by atoms with Crippen molar-refractivity contribution in [1.82, 2.24) is 15.3 Å². The average molecular weight is 473 g/mol. The van der Waals surface area contributed by atoms with Crippen molar-refractivity contribution in [3.05, 3.63) is 66.4 Å². The van der Waals surface area contributed by atoms with E-state index in [1.807, 2.05) is 30.3 Å². The van der Waals surface area contributed by atoms with Crippen LogP contribution in [0.3, 0.4) is 0 Å². The van der Waals surface area contributed by atoms with E-state index in [4.69, 9.17) is 19.5 Å². The maximum absolute atomic E-state index is 12.5. The molecule has 178 valence electrons. The molecule has 0 aliphatic carbocycles. The summed E-state index contributed by atoms with van der Waals surface area (Å²) >= 11 is 0. The molecule has 2 saturated heterocycles. The van der Waals surface area contributed by atoms with Crippen molar-refractivity contribution < 1.29 is 19.0 Å². The Morgan fingerprint density at radius 1 is 1.09 bits per heavy atom. The number of anilines is 2. The summed E-state index contributed by atoms with van der Waals surface area (Å²) < 4.78 is 17.1. The molecule has 2 amide bonds. The molecule has 35 heavy (non-hydrogen) atoms. The monoisotopic (exact) mass is 472 g/mol. The highest BCUT2D eigenvalue weighted by atomic mass is 16.6. The van der Waals surface area contributed by atoms with E-state index in [1.165, 1.54) is 0 Å². The summed E-state index contributed by atoms with van der Waals surface area (Å²) in [6, 6.07) is 17.4. The minimum absolute atomic E-state index is 0.159. The second-order valence-electron chi connectivity index (χ2n) is 8.24. The number of carbonyl (C=O) groups excluding carboxylic acids is 1. The number of urea groups is 1. The Bertz CT molecular complexity index is 1250. The number of amides is 2. The lowest BCUT2D eigenvalue weighted by molar-refractivity contribution is 0.0683. The minimum atomic E-state index is -0.384. The van der Waals surface area contributed by atoms with Gasteiger partial charge in [0, 0.05) is 17.4 Å². The van der Waals surface area contributed by atoms with Gasteiger partial charge in [-0.05, 0) is 48.5 Å². The predicted molar refractivity (Wildman–Crippen MR) is 128 cm³/mol. The molecule has 3 aromatic rings. The van der Waals surface area contributed by atoms with Gasteiger partial charge in [-0.25, -0.2) is 14.8 Å². The molecule has 2 aliphatic rings. The molecule has 2 fully saturated rings. The van der Waals surface area contributed by atoms with Crippen LogP contribution in [-0.2, 0) is 9.47 Å². The lowest BCUT2D eigenvalue weighted by atomic mass is 10.1. The third kappa shape index (κ3) is 5.01. The predicted octanol–water partition coefficient (Wildman–Crippen LogP) is 2.79. The molecule has 0 radical (unpaired) electrons. The fourth-order valence-corrected chi connectivity index (χ4v) is 4.27. The van der Waals surface area contributed by atoms with Gasteiger partial charge in [0.05, 0.1) is 49.7 Å². The second kappa shape index (κ2) is 9.97. The highest BCUT2D eigenvalue weighted by molar-refractivity contribution is 5.89. The highest BCUT2D eigenvalue weighted by Gasteiger charge is 2.48. The standard InChI is InChI=1S/C25H24N6O4/c1-33-18-7-5-16(6-8-18)19-9-10-27-24(29-19)30-20-13-34-23-21(14-35-22(20)23)31-25(32)28-17-4-2-3-15(11-17)12-26/h2-11,20-23H,13-14H2,1H3,(H,27,29,30)(H2,28,31,32)/t20-,21+,22-,23+/m1/s1. The van der Waals surface area contributed by atoms with Crippen molar-refractivity contribution >= 4 is 17.7 Å². The molecule has 10 heteroatoms. The van der Waals surface area contributed by atoms with Gasteiger partial charge in [-0.2, -0.15) is 5.26 Å². The summed E-state index contributed by atoms with van der Waals surface area (Å²) in [6.45, 7) is 0.724. The number of nitrogens with zero attached hydrogens (tertiary/aromatic N) is 3. The van der Waals surface area contributed by atoms with Crippen molar-refractivity contribution in [1.29, 1.82) is 5.26 Å². The fourth-order valence-electron chi connectivity index (χ4n) is 4.27. The van der Waals surface area contributed by atoms with Gasteiger partial charge in [0.1, 0.15) is 18.0 Å². The van der Waals surface area contributed by atoms with Gasteiger partial charge >= 0.3 is 6.03 Å². The SMILES string of the molecule is COc1ccc(-c2ccnc(N[C@@H]3CO[C@@H]4[C@@H]3OC[C@@H]4NC(=O)Nc3cccc(C#N)c3)n2)cc1. The number of nitrogens with one attached hydrogen (secondary N) is 3. The lowest BCUT2D eigenvalue weighted by Crippen LogP contribution is -2.46. The topological polar surface area (TPSA) is 130 Å². The zero-order valence-electron chi connectivity index (χ0n) is 19.0. The Balaban J connectivity index is 1.19. The number of carbonyl (C=O) groups is 1. The fraction of sp³-hybridized carbons (Fsp3) is 0.280. The number of ether oxygens (including phenoxy) is 3. The van der Waals surface area contributed by atoms with E-state index in [2.05, 4.69) is 32.0 Å². The van der Waals surface area contributed by atoms with Crippen LogP contribution in [0.1, 0.15) is 5.56 Å². The number of methoxy groups -OCH3 is 1. The van der Waals surface area contributed by atoms with Gasteiger partial charge < -0.3 is 30.2 Å². The molecule has 10 nitrogen and oxygen atoms in total. The van der Waals surface area contributed by atoms with Crippen molar-refractivity contribution in [2.45, 2.75) is 24.3 Å². The van der Waals surface area contributed by atoms with Crippen LogP contribution in [0.15, 0.2) is 60.8 Å². The van der Waals surface area contributed by atoms with E-state index in [1.54, 1.807) is 37.6 Å². The molecule has 0 unspecified atom stereocenters. The largest absolute Gasteiger partial charge is 0.497 e. The smallest absolute Gasteiger partial charge is 0.319 e. The van der Waals surface area contributed by atoms with Crippen LogP contribution in [0.2, 0.25) is 0 Å². The number of fused-ring (bicyclic) bond motifs is 1. The first-order valence-corrected chi connectivity index (χ1v) is 11.2. The van der Waals surface area contributed by atoms with Crippen LogP contribution in [0.5, 0.6) is 5.75 Å². The minimum Gasteiger partial charge on any atom is -0.497 e. The van der Waals surface area contributed by atoms with E-state index < -0.39 is 0 Å². The number of hydrogen-bond donors (Lipinski definition) is 3. The van der Waals surface area contributed by atoms with Crippen molar-refractivity contribution in [3.8, 4) is 23.1 Å². The normalized spacial score (nSPS) is 22.6. The summed E-state index contributed by atoms with van der Waals surface area (Å²) in [5.74, 6) is 1.25. The van der Waals surface area contributed by atoms with Gasteiger partial charge in [0.2, 0.25) is 5.95 Å². The number of nitriles is 1. The molecule has 2 aromatic carbocycles. The Morgan fingerprint density at radius 2 is 1.86 bits per heavy atom. The first kappa shape index (κ1) is 22.6. The van der Waals surface area contributed by atoms with Crippen LogP contribution >= 0.6 is 0 Å². The number of aromatic nitrogens is 2. The molecule has 1 aromatic heterocycles. The van der Waals surface area contributed by atoms with Gasteiger partial charge in [-0.15, -0.1) is 0 Å². The molecular weight excluding hydrogens is 448 g/mol. The molecular formula is C25H24N6O4. The average Bonchev–Trinajstić information content (AvgIpc) is 3.47. The maximum atomic E-state index is 12.5. The van der Waals surface area contributed by atoms with Crippen LogP contribution in [0.4, 0.5) is 16.4 Å². The summed E-state index contributed by atoms with van der Waals surface area (Å²) in [5.41, 5.74) is 2.74. The van der Waals surface area contributed by atoms with E-state index in [9.17, 15) is 4.79 Å². The maximum Gasteiger partial charge on any atom is 0.319 e. The lowest BCUT2D eigenvalue weighted by Gasteiger charge is -2.19. The summed E-state index contributed by atoms with van der Waals surface area (Å²) in [7, 11) is 1.63. The van der Waals surface area contributed by atoms with Gasteiger partial charge in [-0.1, -0.05) is 6.07 Å². The van der Waals surface area contributed by atoms with E-state index >= 15 is 0 Å². The number of hydrogen-bond acceptors (Lipinski definition) is 8. The molecule has 5 rings (SSSR count). The molecule has 2 aliphatic heterocycles. The van der Waals surface area contributed by atoms with Crippen molar-refractivity contribution in [2.75, 3.05) is 31.0 Å². The summed E-state index contributed by atoms with van der Waals surface area (Å²) in [5, 5.41) is 18.0. The van der Waals surface area contributed by atoms with Gasteiger partial charge in [-0.3, -0.25) is 0 Å². The Labute approximate surface area is 202 Å². The van der Waals surface area contributed by atoms with Gasteiger partial charge in [0.25, 0.3) is 0 Å². The molecule has 0 spiro atoms. The third-order valence-electron chi connectivity index (χ3n) is 5.98. The number of benzene rings is 2. The Morgan fingerprint density at radius 3 is 2.63 bits per heavy atom. The first-order valence-electron chi connectivity index (χ1n) is 11.2. The summed E-state index contributed by atoms with van der Waals surface area (Å²) in [6.07, 6.45) is 1.15. The van der Waals surface area contributed by atoms with E-state index in [-0.39, 0.29) is 30.3 Å². The van der Waals surface area contributed by atoms with E-state index in [0.29, 0.717) is 30.4 Å². The first-order chi connectivity index (χ1) is 17.1. The van der Waals surface area contributed by atoms with Crippen LogP contribution in [-0.4, -0.2) is 60.6 Å². The second-order valence-corrected chi connectivity index (χ2v) is 8.24. The van der Waals surface area contributed by atoms with Crippen molar-refractivity contribution in [3.63, 3.8) is 0 Å². The molecule has 4 atom stereocenters. The zero-order valence-corrected chi connectivity index (χ0v) is 19.0. The van der Waals surface area contributed by atoms with Crippen LogP contribution < -0.4 is 20.7 Å². The molecule has 3 heterocycles. The van der Waals surface area contributed by atoms with Gasteiger partial charge in [0.15, 0.2) is 0 Å². The van der Waals surface area contributed by atoms with Crippen LogP contribution in [0, 0.1) is 11.3 Å². The third-order valence-corrected chi connectivity index (χ3v) is 5.98. The Kier molecular flexibility index (Phi) is 6.43. The molecule has 3 N–H and O–H groups in total. The Hall–Kier alpha value is -4.20. The quantitative estimate of drug-likeness (QED) is 0.499. The van der Waals surface area contributed by atoms with Crippen molar-refractivity contribution in [2.24, 2.45) is 0 Å².